The van der Waals surface area contributed by atoms with E-state index in [-0.39, 0.29) is 11.8 Å². The first-order valence-corrected chi connectivity index (χ1v) is 12.9. The van der Waals surface area contributed by atoms with Crippen LogP contribution in [0.15, 0.2) is 61.1 Å². The Morgan fingerprint density at radius 3 is 2.46 bits per heavy atom. The van der Waals surface area contributed by atoms with Gasteiger partial charge >= 0.3 is 0 Å². The lowest BCUT2D eigenvalue weighted by molar-refractivity contribution is -0.107. The van der Waals surface area contributed by atoms with Crippen molar-refractivity contribution >= 4 is 28.7 Å². The first-order chi connectivity index (χ1) is 18.7. The first kappa shape index (κ1) is 26.2. The van der Waals surface area contributed by atoms with E-state index in [9.17, 15) is 9.90 Å². The molecule has 9 heteroatoms. The summed E-state index contributed by atoms with van der Waals surface area (Å²) in [5, 5.41) is 19.7. The number of aryl methyl sites for hydroxylation is 1. The van der Waals surface area contributed by atoms with E-state index in [0.717, 1.165) is 54.5 Å². The zero-order valence-electron chi connectivity index (χ0n) is 22.4. The van der Waals surface area contributed by atoms with E-state index < -0.39 is 5.82 Å². The number of nitrogens with zero attached hydrogens (tertiary/aromatic N) is 4. The van der Waals surface area contributed by atoms with Crippen molar-refractivity contribution in [2.24, 2.45) is 5.73 Å². The highest BCUT2D eigenvalue weighted by Gasteiger charge is 2.22. The molecular weight excluding hydrogens is 495 g/mol. The van der Waals surface area contributed by atoms with E-state index in [4.69, 9.17) is 5.73 Å². The number of H-pyrrole nitrogens is 1. The zero-order chi connectivity index (χ0) is 27.7. The van der Waals surface area contributed by atoms with Crippen molar-refractivity contribution in [3.8, 4) is 28.0 Å². The summed E-state index contributed by atoms with van der Waals surface area (Å²) >= 11 is 0. The third-order valence-electron chi connectivity index (χ3n) is 7.23. The molecule has 0 saturated carbocycles. The molecule has 0 spiro atoms. The second kappa shape index (κ2) is 10.8. The molecule has 1 aliphatic heterocycles. The Labute approximate surface area is 227 Å². The molecule has 39 heavy (non-hydrogen) atoms. The van der Waals surface area contributed by atoms with E-state index in [1.165, 1.54) is 17.0 Å². The molecule has 1 aliphatic rings. The number of aromatic hydroxyl groups is 1. The van der Waals surface area contributed by atoms with E-state index in [0.29, 0.717) is 27.9 Å². The van der Waals surface area contributed by atoms with E-state index in [1.54, 1.807) is 30.7 Å². The minimum atomic E-state index is -0.460. The maximum Gasteiger partial charge on any atom is 0.218 e. The Kier molecular flexibility index (Phi) is 7.26. The van der Waals surface area contributed by atoms with Gasteiger partial charge in [-0.2, -0.15) is 5.10 Å². The van der Waals surface area contributed by atoms with Crippen molar-refractivity contribution in [3.63, 3.8) is 0 Å². The number of fused-ring (bicyclic) bond motifs is 1. The zero-order valence-corrected chi connectivity index (χ0v) is 22.4. The second-order valence-electron chi connectivity index (χ2n) is 10.3. The Morgan fingerprint density at radius 1 is 1.08 bits per heavy atom. The number of carbonyl (C=O) groups is 1. The van der Waals surface area contributed by atoms with Gasteiger partial charge in [-0.1, -0.05) is 6.07 Å². The van der Waals surface area contributed by atoms with Crippen LogP contribution in [0, 0.1) is 12.7 Å². The minimum Gasteiger partial charge on any atom is -0.507 e. The van der Waals surface area contributed by atoms with E-state index >= 15 is 4.39 Å². The Balaban J connectivity index is 1.56. The monoisotopic (exact) mass is 528 g/mol. The topological polar surface area (TPSA) is 102 Å². The summed E-state index contributed by atoms with van der Waals surface area (Å²) in [6, 6.07) is 12.2. The molecular formula is C30H33FN6O2. The van der Waals surface area contributed by atoms with Crippen LogP contribution >= 0.6 is 0 Å². The van der Waals surface area contributed by atoms with Crippen molar-refractivity contribution in [1.82, 2.24) is 15.1 Å². The highest BCUT2D eigenvalue weighted by atomic mass is 19.1. The number of phenolic OH excluding ortho intramolecular Hbond substituents is 1. The van der Waals surface area contributed by atoms with Gasteiger partial charge in [0.2, 0.25) is 6.41 Å². The number of amides is 1. The molecule has 2 heterocycles. The lowest BCUT2D eigenvalue weighted by Crippen LogP contribution is -2.39. The molecule has 0 aliphatic carbocycles. The molecule has 1 aromatic heterocycles. The number of hydrogen-bond acceptors (Lipinski definition) is 6. The molecule has 0 radical (unpaired) electrons. The van der Waals surface area contributed by atoms with Crippen LogP contribution in [-0.4, -0.2) is 59.8 Å². The number of phenols is 1. The molecule has 1 fully saturated rings. The third kappa shape index (κ3) is 5.31. The van der Waals surface area contributed by atoms with Gasteiger partial charge < -0.3 is 20.6 Å². The van der Waals surface area contributed by atoms with E-state index in [1.807, 2.05) is 44.1 Å². The van der Waals surface area contributed by atoms with Gasteiger partial charge in [0, 0.05) is 67.8 Å². The van der Waals surface area contributed by atoms with Crippen LogP contribution in [0.2, 0.25) is 0 Å². The minimum absolute atomic E-state index is 0.0196. The van der Waals surface area contributed by atoms with Crippen LogP contribution < -0.4 is 15.5 Å². The maximum absolute atomic E-state index is 15.0. The van der Waals surface area contributed by atoms with Gasteiger partial charge in [-0.15, -0.1) is 0 Å². The smallest absolute Gasteiger partial charge is 0.218 e. The highest BCUT2D eigenvalue weighted by molar-refractivity contribution is 5.97. The predicted molar refractivity (Wildman–Crippen MR) is 154 cm³/mol. The fraction of sp³-hybridized carbons (Fsp3) is 0.267. The second-order valence-corrected chi connectivity index (χ2v) is 10.3. The van der Waals surface area contributed by atoms with Gasteiger partial charge in [-0.25, -0.2) is 4.39 Å². The number of aromatic nitrogens is 2. The standard InChI is InChI=1S/C30H33FN6O2/c1-19-12-20(4-5-28(19)37(18-38)11-10-35(2)3)24-15-22(31)16-25(30(24)39)21-13-27-26(17-33-34-27)29(14-21)36-8-6-23(32)7-9-36/h4-5,10-18,23,39H,6-9,32H2,1-3H3,(H,33,34)/b11-10-. The number of aromatic amines is 1. The Hall–Kier alpha value is -4.37. The summed E-state index contributed by atoms with van der Waals surface area (Å²) in [6.07, 6.45) is 7.75. The van der Waals surface area contributed by atoms with Gasteiger partial charge in [0.15, 0.2) is 0 Å². The van der Waals surface area contributed by atoms with Crippen molar-refractivity contribution in [2.75, 3.05) is 37.0 Å². The number of anilines is 2. The molecule has 3 aromatic carbocycles. The first-order valence-electron chi connectivity index (χ1n) is 12.9. The predicted octanol–water partition coefficient (Wildman–Crippen LogP) is 4.97. The number of carbonyl (C=O) groups excluding carboxylic acids is 1. The van der Waals surface area contributed by atoms with Crippen LogP contribution in [0.5, 0.6) is 5.75 Å². The largest absolute Gasteiger partial charge is 0.507 e. The summed E-state index contributed by atoms with van der Waals surface area (Å²) in [5.74, 6) is -0.480. The number of piperidine rings is 1. The lowest BCUT2D eigenvalue weighted by Gasteiger charge is -2.32. The number of nitrogens with one attached hydrogen (secondary N) is 1. The molecule has 202 valence electrons. The number of benzene rings is 3. The summed E-state index contributed by atoms with van der Waals surface area (Å²) in [6.45, 7) is 3.51. The van der Waals surface area contributed by atoms with E-state index in [2.05, 4.69) is 15.1 Å². The van der Waals surface area contributed by atoms with Crippen molar-refractivity contribution in [2.45, 2.75) is 25.8 Å². The van der Waals surface area contributed by atoms with Gasteiger partial charge in [-0.05, 0) is 72.9 Å². The Morgan fingerprint density at radius 2 is 1.79 bits per heavy atom. The van der Waals surface area contributed by atoms with Crippen LogP contribution in [0.4, 0.5) is 15.8 Å². The number of halogens is 1. The fourth-order valence-electron chi connectivity index (χ4n) is 5.12. The average molecular weight is 529 g/mol. The van der Waals surface area contributed by atoms with Gasteiger partial charge in [-0.3, -0.25) is 14.8 Å². The molecule has 1 amide bonds. The molecule has 0 unspecified atom stereocenters. The average Bonchev–Trinajstić information content (AvgIpc) is 3.39. The van der Waals surface area contributed by atoms with Gasteiger partial charge in [0.25, 0.3) is 0 Å². The van der Waals surface area contributed by atoms with Crippen LogP contribution in [0.25, 0.3) is 33.2 Å². The lowest BCUT2D eigenvalue weighted by atomic mass is 9.94. The summed E-state index contributed by atoms with van der Waals surface area (Å²) in [7, 11) is 3.74. The molecule has 5 rings (SSSR count). The Bertz CT molecular complexity index is 1540. The molecule has 4 N–H and O–H groups in total. The summed E-state index contributed by atoms with van der Waals surface area (Å²) in [4.78, 5) is 17.3. The van der Waals surface area contributed by atoms with Crippen molar-refractivity contribution in [1.29, 1.82) is 0 Å². The van der Waals surface area contributed by atoms with Crippen LogP contribution in [-0.2, 0) is 4.79 Å². The van der Waals surface area contributed by atoms with Crippen molar-refractivity contribution in [3.05, 3.63) is 72.4 Å². The van der Waals surface area contributed by atoms with Gasteiger partial charge in [0.1, 0.15) is 11.6 Å². The summed E-state index contributed by atoms with van der Waals surface area (Å²) in [5.41, 5.74) is 11.5. The fourth-order valence-corrected chi connectivity index (χ4v) is 5.12. The quantitative estimate of drug-likeness (QED) is 0.293. The number of hydrogen-bond donors (Lipinski definition) is 3. The SMILES string of the molecule is Cc1cc(-c2cc(F)cc(-c3cc(N4CCC(N)CC4)c4cn[nH]c4c3)c2O)ccc1N(C=O)/C=C\N(C)C. The molecule has 0 bridgehead atoms. The molecule has 4 aromatic rings. The number of rotatable bonds is 7. The van der Waals surface area contributed by atoms with Gasteiger partial charge in [0.05, 0.1) is 17.4 Å². The number of nitrogens with two attached hydrogens (primary N) is 1. The summed E-state index contributed by atoms with van der Waals surface area (Å²) < 4.78 is 15.0. The normalized spacial score (nSPS) is 14.3. The van der Waals surface area contributed by atoms with Crippen molar-refractivity contribution < 1.29 is 14.3 Å². The maximum atomic E-state index is 15.0. The van der Waals surface area contributed by atoms with Crippen LogP contribution in [0.3, 0.4) is 0 Å². The van der Waals surface area contributed by atoms with Crippen LogP contribution in [0.1, 0.15) is 18.4 Å². The highest BCUT2D eigenvalue weighted by Crippen LogP contribution is 2.42. The molecule has 8 nitrogen and oxygen atoms in total. The molecule has 0 atom stereocenters. The molecule has 1 saturated heterocycles. The third-order valence-corrected chi connectivity index (χ3v) is 7.23.